The minimum Gasteiger partial charge on any atom is -0.508 e. The fraction of sp³-hybridized carbons (Fsp3) is 0. The number of benzene rings is 2. The lowest BCUT2D eigenvalue weighted by Gasteiger charge is -2.03. The maximum absolute atomic E-state index is 13.1. The first-order chi connectivity index (χ1) is 8.65. The first-order valence-electron chi connectivity index (χ1n) is 5.35. The average Bonchev–Trinajstić information content (AvgIpc) is 2.65. The largest absolute Gasteiger partial charge is 0.508 e. The predicted molar refractivity (Wildman–Crippen MR) is 65.5 cm³/mol. The molecule has 0 fully saturated rings. The molecule has 0 aliphatic rings. The number of phenols is 1. The van der Waals surface area contributed by atoms with Gasteiger partial charge in [0.2, 0.25) is 0 Å². The van der Waals surface area contributed by atoms with Crippen LogP contribution in [0.15, 0.2) is 47.3 Å². The van der Waals surface area contributed by atoms with Gasteiger partial charge in [-0.25, -0.2) is 9.18 Å². The molecule has 0 aliphatic carbocycles. The Morgan fingerprint density at radius 1 is 1.11 bits per heavy atom. The summed E-state index contributed by atoms with van der Waals surface area (Å²) in [4.78, 5) is 14.4. The SMILES string of the molecule is O=c1[nH]c2cc(F)ccc2n1-c1ccc(O)cc1. The molecule has 90 valence electrons. The second kappa shape index (κ2) is 3.73. The molecule has 18 heavy (non-hydrogen) atoms. The van der Waals surface area contributed by atoms with Gasteiger partial charge in [0.15, 0.2) is 0 Å². The lowest BCUT2D eigenvalue weighted by molar-refractivity contribution is 0.475. The summed E-state index contributed by atoms with van der Waals surface area (Å²) in [5.74, 6) is -0.278. The third kappa shape index (κ3) is 1.57. The predicted octanol–water partition coefficient (Wildman–Crippen LogP) is 2.16. The van der Waals surface area contributed by atoms with Crippen molar-refractivity contribution < 1.29 is 9.50 Å². The van der Waals surface area contributed by atoms with Crippen molar-refractivity contribution in [2.45, 2.75) is 0 Å². The average molecular weight is 244 g/mol. The van der Waals surface area contributed by atoms with Gasteiger partial charge in [-0.2, -0.15) is 0 Å². The highest BCUT2D eigenvalue weighted by molar-refractivity contribution is 5.77. The van der Waals surface area contributed by atoms with Crippen LogP contribution < -0.4 is 5.69 Å². The van der Waals surface area contributed by atoms with E-state index in [0.717, 1.165) is 0 Å². The molecular weight excluding hydrogens is 235 g/mol. The zero-order valence-corrected chi connectivity index (χ0v) is 9.22. The molecule has 0 amide bonds. The molecule has 2 N–H and O–H groups in total. The van der Waals surface area contributed by atoms with Gasteiger partial charge >= 0.3 is 5.69 Å². The Morgan fingerprint density at radius 2 is 1.83 bits per heavy atom. The molecule has 4 nitrogen and oxygen atoms in total. The summed E-state index contributed by atoms with van der Waals surface area (Å²) in [5.41, 5.74) is 1.29. The molecule has 0 aliphatic heterocycles. The molecule has 3 aromatic rings. The van der Waals surface area contributed by atoms with Crippen LogP contribution in [0.1, 0.15) is 0 Å². The molecule has 0 saturated carbocycles. The molecule has 0 radical (unpaired) electrons. The van der Waals surface area contributed by atoms with Gasteiger partial charge in [0.05, 0.1) is 16.7 Å². The van der Waals surface area contributed by atoms with Gasteiger partial charge in [0.1, 0.15) is 11.6 Å². The first kappa shape index (κ1) is 10.6. The number of nitrogens with zero attached hydrogens (tertiary/aromatic N) is 1. The van der Waals surface area contributed by atoms with Gasteiger partial charge in [-0.15, -0.1) is 0 Å². The highest BCUT2D eigenvalue weighted by atomic mass is 19.1. The molecular formula is C13H9FN2O2. The Labute approximate surface area is 101 Å². The van der Waals surface area contributed by atoms with Crippen LogP contribution in [-0.4, -0.2) is 14.7 Å². The second-order valence-corrected chi connectivity index (χ2v) is 3.94. The number of nitrogens with one attached hydrogen (secondary N) is 1. The molecule has 1 aromatic heterocycles. The minimum absolute atomic E-state index is 0.123. The van der Waals surface area contributed by atoms with Crippen molar-refractivity contribution in [2.75, 3.05) is 0 Å². The summed E-state index contributed by atoms with van der Waals surface area (Å²) in [7, 11) is 0. The third-order valence-electron chi connectivity index (χ3n) is 2.75. The summed E-state index contributed by atoms with van der Waals surface area (Å²) < 4.78 is 14.5. The summed E-state index contributed by atoms with van der Waals surface area (Å²) in [6.45, 7) is 0. The van der Waals surface area contributed by atoms with Crippen LogP contribution in [-0.2, 0) is 0 Å². The summed E-state index contributed by atoms with van der Waals surface area (Å²) in [5, 5.41) is 9.23. The summed E-state index contributed by atoms with van der Waals surface area (Å²) >= 11 is 0. The molecule has 0 bridgehead atoms. The number of rotatable bonds is 1. The number of aromatic amines is 1. The standard InChI is InChI=1S/C13H9FN2O2/c14-8-1-6-12-11(7-8)15-13(18)16(12)9-2-4-10(17)5-3-9/h1-7,17H,(H,15,18). The third-order valence-corrected chi connectivity index (χ3v) is 2.75. The summed E-state index contributed by atoms with van der Waals surface area (Å²) in [6.07, 6.45) is 0. The fourth-order valence-electron chi connectivity index (χ4n) is 1.94. The van der Waals surface area contributed by atoms with Crippen molar-refractivity contribution in [1.82, 2.24) is 9.55 Å². The van der Waals surface area contributed by atoms with Crippen molar-refractivity contribution in [2.24, 2.45) is 0 Å². The maximum Gasteiger partial charge on any atom is 0.331 e. The van der Waals surface area contributed by atoms with Crippen molar-refractivity contribution in [1.29, 1.82) is 0 Å². The van der Waals surface area contributed by atoms with Crippen molar-refractivity contribution >= 4 is 11.0 Å². The van der Waals surface area contributed by atoms with Crippen molar-refractivity contribution in [3.8, 4) is 11.4 Å². The second-order valence-electron chi connectivity index (χ2n) is 3.94. The van der Waals surface area contributed by atoms with Gasteiger partial charge in [0, 0.05) is 0 Å². The number of imidazole rings is 1. The number of aromatic nitrogens is 2. The smallest absolute Gasteiger partial charge is 0.331 e. The highest BCUT2D eigenvalue weighted by Gasteiger charge is 2.09. The zero-order chi connectivity index (χ0) is 12.7. The van der Waals surface area contributed by atoms with Crippen LogP contribution in [0.25, 0.3) is 16.7 Å². The van der Waals surface area contributed by atoms with E-state index in [4.69, 9.17) is 0 Å². The fourth-order valence-corrected chi connectivity index (χ4v) is 1.94. The molecule has 0 atom stereocenters. The van der Waals surface area contributed by atoms with Crippen LogP contribution in [0.4, 0.5) is 4.39 Å². The van der Waals surface area contributed by atoms with Gasteiger partial charge < -0.3 is 10.1 Å². The molecule has 0 unspecified atom stereocenters. The van der Waals surface area contributed by atoms with Gasteiger partial charge in [-0.3, -0.25) is 4.57 Å². The van der Waals surface area contributed by atoms with Crippen LogP contribution >= 0.6 is 0 Å². The normalized spacial score (nSPS) is 10.9. The molecule has 0 spiro atoms. The molecule has 2 aromatic carbocycles. The van der Waals surface area contributed by atoms with E-state index in [-0.39, 0.29) is 11.4 Å². The Hall–Kier alpha value is -2.56. The van der Waals surface area contributed by atoms with E-state index in [1.165, 1.54) is 34.9 Å². The van der Waals surface area contributed by atoms with E-state index < -0.39 is 5.82 Å². The molecule has 0 saturated heterocycles. The van der Waals surface area contributed by atoms with Crippen molar-refractivity contribution in [3.63, 3.8) is 0 Å². The number of fused-ring (bicyclic) bond motifs is 1. The van der Waals surface area contributed by atoms with E-state index in [1.54, 1.807) is 12.1 Å². The summed E-state index contributed by atoms with van der Waals surface area (Å²) in [6, 6.07) is 10.3. The Morgan fingerprint density at radius 3 is 2.56 bits per heavy atom. The number of H-pyrrole nitrogens is 1. The molecule has 3 rings (SSSR count). The highest BCUT2D eigenvalue weighted by Crippen LogP contribution is 2.18. The van der Waals surface area contributed by atoms with Crippen molar-refractivity contribution in [3.05, 3.63) is 58.8 Å². The topological polar surface area (TPSA) is 58.0 Å². The Balaban J connectivity index is 2.32. The molecule has 1 heterocycles. The van der Waals surface area contributed by atoms with Gasteiger partial charge in [0.25, 0.3) is 0 Å². The van der Waals surface area contributed by atoms with Gasteiger partial charge in [-0.1, -0.05) is 0 Å². The van der Waals surface area contributed by atoms with Gasteiger partial charge in [-0.05, 0) is 42.5 Å². The number of hydrogen-bond donors (Lipinski definition) is 2. The number of hydrogen-bond acceptors (Lipinski definition) is 2. The number of phenolic OH excluding ortho intramolecular Hbond substituents is 1. The van der Waals surface area contributed by atoms with E-state index in [1.807, 2.05) is 0 Å². The maximum atomic E-state index is 13.1. The number of halogens is 1. The van der Waals surface area contributed by atoms with Crippen LogP contribution in [0.5, 0.6) is 5.75 Å². The quantitative estimate of drug-likeness (QED) is 0.689. The Bertz CT molecular complexity index is 772. The van der Waals surface area contributed by atoms with Crippen LogP contribution in [0.3, 0.4) is 0 Å². The van der Waals surface area contributed by atoms with E-state index in [0.29, 0.717) is 16.7 Å². The minimum atomic E-state index is -0.401. The van der Waals surface area contributed by atoms with E-state index >= 15 is 0 Å². The Kier molecular flexibility index (Phi) is 2.19. The lowest BCUT2D eigenvalue weighted by Crippen LogP contribution is -2.14. The van der Waals surface area contributed by atoms with Crippen LogP contribution in [0.2, 0.25) is 0 Å². The molecule has 5 heteroatoms. The number of aromatic hydroxyl groups is 1. The lowest BCUT2D eigenvalue weighted by atomic mass is 10.2. The van der Waals surface area contributed by atoms with Crippen LogP contribution in [0, 0.1) is 5.82 Å². The zero-order valence-electron chi connectivity index (χ0n) is 9.22. The monoisotopic (exact) mass is 244 g/mol. The first-order valence-corrected chi connectivity index (χ1v) is 5.35. The van der Waals surface area contributed by atoms with E-state index in [9.17, 15) is 14.3 Å². The van der Waals surface area contributed by atoms with E-state index in [2.05, 4.69) is 4.98 Å².